The summed E-state index contributed by atoms with van der Waals surface area (Å²) in [5.41, 5.74) is 2.01. The van der Waals surface area contributed by atoms with Crippen LogP contribution >= 0.6 is 11.6 Å². The van der Waals surface area contributed by atoms with Gasteiger partial charge in [-0.2, -0.15) is 0 Å². The van der Waals surface area contributed by atoms with Gasteiger partial charge < -0.3 is 9.47 Å². The molecule has 1 heterocycles. The Kier molecular flexibility index (Phi) is 6.19. The summed E-state index contributed by atoms with van der Waals surface area (Å²) in [6.45, 7) is 5.71. The molecule has 0 fully saturated rings. The first-order valence-corrected chi connectivity index (χ1v) is 6.04. The maximum atomic E-state index is 5.60. The topological polar surface area (TPSA) is 31.4 Å². The van der Waals surface area contributed by atoms with Crippen molar-refractivity contribution in [2.45, 2.75) is 20.3 Å². The second kappa shape index (κ2) is 7.47. The van der Waals surface area contributed by atoms with Crippen molar-refractivity contribution in [1.82, 2.24) is 4.98 Å². The Morgan fingerprint density at radius 2 is 2.06 bits per heavy atom. The highest BCUT2D eigenvalue weighted by atomic mass is 35.5. The van der Waals surface area contributed by atoms with E-state index in [0.29, 0.717) is 25.7 Å². The number of aryl methyl sites for hydroxylation is 2. The largest absolute Gasteiger partial charge is 0.489 e. The smallest absolute Gasteiger partial charge is 0.140 e. The quantitative estimate of drug-likeness (QED) is 0.545. The molecule has 0 atom stereocenters. The molecule has 0 radical (unpaired) electrons. The lowest BCUT2D eigenvalue weighted by molar-refractivity contribution is 0.111. The molecule has 16 heavy (non-hydrogen) atoms. The van der Waals surface area contributed by atoms with Crippen LogP contribution in [0.25, 0.3) is 0 Å². The molecule has 0 spiro atoms. The van der Waals surface area contributed by atoms with Gasteiger partial charge in [0.2, 0.25) is 0 Å². The van der Waals surface area contributed by atoms with Gasteiger partial charge in [-0.25, -0.2) is 0 Å². The number of halogens is 1. The maximum Gasteiger partial charge on any atom is 0.140 e. The molecule has 0 bridgehead atoms. The van der Waals surface area contributed by atoms with E-state index in [1.165, 1.54) is 0 Å². The van der Waals surface area contributed by atoms with Crippen LogP contribution in [0.5, 0.6) is 5.75 Å². The number of ether oxygens (including phenoxy) is 2. The third kappa shape index (κ3) is 4.37. The van der Waals surface area contributed by atoms with Crippen LogP contribution in [0.3, 0.4) is 0 Å². The Hall–Kier alpha value is -0.800. The van der Waals surface area contributed by atoms with E-state index < -0.39 is 0 Å². The lowest BCUT2D eigenvalue weighted by Crippen LogP contribution is -2.09. The molecule has 1 aromatic rings. The van der Waals surface area contributed by atoms with Crippen LogP contribution in [-0.2, 0) is 11.2 Å². The lowest BCUT2D eigenvalue weighted by Gasteiger charge is -2.10. The zero-order valence-electron chi connectivity index (χ0n) is 9.83. The van der Waals surface area contributed by atoms with Crippen molar-refractivity contribution in [3.63, 3.8) is 0 Å². The van der Waals surface area contributed by atoms with Crippen molar-refractivity contribution in [3.05, 3.63) is 23.5 Å². The highest BCUT2D eigenvalue weighted by molar-refractivity contribution is 6.17. The Bertz CT molecular complexity index is 318. The van der Waals surface area contributed by atoms with E-state index in [1.807, 2.05) is 19.1 Å². The van der Waals surface area contributed by atoms with E-state index in [0.717, 1.165) is 23.6 Å². The molecule has 0 amide bonds. The number of rotatable bonds is 7. The highest BCUT2D eigenvalue weighted by Crippen LogP contribution is 2.17. The van der Waals surface area contributed by atoms with Gasteiger partial charge in [0.15, 0.2) is 0 Å². The number of pyridine rings is 1. The molecule has 3 nitrogen and oxygen atoms in total. The Morgan fingerprint density at radius 1 is 1.25 bits per heavy atom. The van der Waals surface area contributed by atoms with Gasteiger partial charge in [-0.05, 0) is 25.5 Å². The van der Waals surface area contributed by atoms with Gasteiger partial charge >= 0.3 is 0 Å². The molecule has 4 heteroatoms. The fraction of sp³-hybridized carbons (Fsp3) is 0.583. The summed E-state index contributed by atoms with van der Waals surface area (Å²) >= 11 is 5.49. The first-order chi connectivity index (χ1) is 7.77. The average molecular weight is 244 g/mol. The average Bonchev–Trinajstić information content (AvgIpc) is 2.30. The number of nitrogens with zero attached hydrogens (tertiary/aromatic N) is 1. The molecule has 0 saturated heterocycles. The summed E-state index contributed by atoms with van der Waals surface area (Å²) in [6.07, 6.45) is 0.875. The molecular formula is C12H18ClNO2. The maximum absolute atomic E-state index is 5.60. The SMILES string of the molecule is CCc1nc(C)ccc1OCCOCCCl. The van der Waals surface area contributed by atoms with Crippen LogP contribution in [0.1, 0.15) is 18.3 Å². The zero-order chi connectivity index (χ0) is 11.8. The second-order valence-corrected chi connectivity index (χ2v) is 3.78. The summed E-state index contributed by atoms with van der Waals surface area (Å²) in [5.74, 6) is 1.37. The van der Waals surface area contributed by atoms with E-state index >= 15 is 0 Å². The summed E-state index contributed by atoms with van der Waals surface area (Å²) in [4.78, 5) is 4.42. The molecule has 1 rings (SSSR count). The van der Waals surface area contributed by atoms with E-state index in [4.69, 9.17) is 21.1 Å². The van der Waals surface area contributed by atoms with E-state index in [-0.39, 0.29) is 0 Å². The van der Waals surface area contributed by atoms with Gasteiger partial charge in [0.1, 0.15) is 12.4 Å². The van der Waals surface area contributed by atoms with Crippen molar-refractivity contribution in [2.75, 3.05) is 25.7 Å². The van der Waals surface area contributed by atoms with Gasteiger partial charge in [0.05, 0.1) is 18.9 Å². The van der Waals surface area contributed by atoms with Gasteiger partial charge in [0, 0.05) is 11.6 Å². The number of aromatic nitrogens is 1. The molecule has 0 aliphatic carbocycles. The summed E-state index contributed by atoms with van der Waals surface area (Å²) in [6, 6.07) is 3.91. The van der Waals surface area contributed by atoms with Crippen LogP contribution < -0.4 is 4.74 Å². The van der Waals surface area contributed by atoms with E-state index in [2.05, 4.69) is 11.9 Å². The third-order valence-corrected chi connectivity index (χ3v) is 2.27. The molecule has 0 unspecified atom stereocenters. The predicted octanol–water partition coefficient (Wildman–Crippen LogP) is 2.59. The second-order valence-electron chi connectivity index (χ2n) is 3.40. The van der Waals surface area contributed by atoms with Crippen molar-refractivity contribution < 1.29 is 9.47 Å². The normalized spacial score (nSPS) is 10.4. The minimum Gasteiger partial charge on any atom is -0.489 e. The van der Waals surface area contributed by atoms with Crippen molar-refractivity contribution >= 4 is 11.6 Å². The Labute approximate surface area is 102 Å². The monoisotopic (exact) mass is 243 g/mol. The van der Waals surface area contributed by atoms with Crippen LogP contribution in [0.2, 0.25) is 0 Å². The van der Waals surface area contributed by atoms with E-state index in [1.54, 1.807) is 0 Å². The lowest BCUT2D eigenvalue weighted by atomic mass is 10.2. The minimum atomic E-state index is 0.520. The van der Waals surface area contributed by atoms with Gasteiger partial charge in [-0.15, -0.1) is 11.6 Å². The fourth-order valence-corrected chi connectivity index (χ4v) is 1.46. The number of alkyl halides is 1. The minimum absolute atomic E-state index is 0.520. The highest BCUT2D eigenvalue weighted by Gasteiger charge is 2.03. The molecule has 0 aliphatic heterocycles. The first-order valence-electron chi connectivity index (χ1n) is 5.51. The van der Waals surface area contributed by atoms with E-state index in [9.17, 15) is 0 Å². The molecular weight excluding hydrogens is 226 g/mol. The number of hydrogen-bond acceptors (Lipinski definition) is 3. The van der Waals surface area contributed by atoms with Gasteiger partial charge in [-0.1, -0.05) is 6.92 Å². The summed E-state index contributed by atoms with van der Waals surface area (Å²) < 4.78 is 10.8. The molecule has 0 aromatic carbocycles. The van der Waals surface area contributed by atoms with Gasteiger partial charge in [0.25, 0.3) is 0 Å². The van der Waals surface area contributed by atoms with Crippen LogP contribution in [0, 0.1) is 6.92 Å². The van der Waals surface area contributed by atoms with Crippen LogP contribution in [-0.4, -0.2) is 30.7 Å². The molecule has 90 valence electrons. The standard InChI is InChI=1S/C12H18ClNO2/c1-3-11-12(5-4-10(2)14-11)16-9-8-15-7-6-13/h4-5H,3,6-9H2,1-2H3. The van der Waals surface area contributed by atoms with Crippen molar-refractivity contribution in [2.24, 2.45) is 0 Å². The van der Waals surface area contributed by atoms with Crippen molar-refractivity contribution in [3.8, 4) is 5.75 Å². The molecule has 0 N–H and O–H groups in total. The zero-order valence-corrected chi connectivity index (χ0v) is 10.6. The number of hydrogen-bond donors (Lipinski definition) is 0. The summed E-state index contributed by atoms with van der Waals surface area (Å²) in [5, 5.41) is 0. The Morgan fingerprint density at radius 3 is 2.75 bits per heavy atom. The summed E-state index contributed by atoms with van der Waals surface area (Å²) in [7, 11) is 0. The van der Waals surface area contributed by atoms with Gasteiger partial charge in [-0.3, -0.25) is 4.98 Å². The molecule has 0 aliphatic rings. The van der Waals surface area contributed by atoms with Crippen LogP contribution in [0.15, 0.2) is 12.1 Å². The predicted molar refractivity (Wildman–Crippen MR) is 65.4 cm³/mol. The molecule has 1 aromatic heterocycles. The third-order valence-electron chi connectivity index (χ3n) is 2.11. The Balaban J connectivity index is 2.41. The van der Waals surface area contributed by atoms with Crippen molar-refractivity contribution in [1.29, 1.82) is 0 Å². The first kappa shape index (κ1) is 13.3. The van der Waals surface area contributed by atoms with Crippen LogP contribution in [0.4, 0.5) is 0 Å². The fourth-order valence-electron chi connectivity index (χ4n) is 1.35. The molecule has 0 saturated carbocycles.